The molecule has 3 rings (SSSR count). The van der Waals surface area contributed by atoms with E-state index in [9.17, 15) is 14.4 Å². The molecule has 1 fully saturated rings. The van der Waals surface area contributed by atoms with Gasteiger partial charge in [-0.05, 0) is 42.7 Å². The molecule has 1 heterocycles. The SMILES string of the molecule is CC(=O)Nc1ccc(CC(=O)N2CCC(NC(=O)c3ccccc3)CC2)cc1. The maximum absolute atomic E-state index is 12.5. The lowest BCUT2D eigenvalue weighted by Crippen LogP contribution is -2.46. The number of hydrogen-bond donors (Lipinski definition) is 2. The molecule has 0 atom stereocenters. The van der Waals surface area contributed by atoms with Crippen molar-refractivity contribution in [1.82, 2.24) is 10.2 Å². The first-order valence-electron chi connectivity index (χ1n) is 9.51. The van der Waals surface area contributed by atoms with E-state index in [1.807, 2.05) is 35.2 Å². The number of rotatable bonds is 5. The number of amides is 3. The first-order chi connectivity index (χ1) is 13.5. The van der Waals surface area contributed by atoms with E-state index in [1.165, 1.54) is 6.92 Å². The summed E-state index contributed by atoms with van der Waals surface area (Å²) < 4.78 is 0. The largest absolute Gasteiger partial charge is 0.349 e. The molecule has 1 aliphatic rings. The summed E-state index contributed by atoms with van der Waals surface area (Å²) in [6.45, 7) is 2.74. The Bertz CT molecular complexity index is 826. The van der Waals surface area contributed by atoms with Crippen LogP contribution in [0.15, 0.2) is 54.6 Å². The lowest BCUT2D eigenvalue weighted by atomic mass is 10.0. The van der Waals surface area contributed by atoms with E-state index in [0.29, 0.717) is 25.1 Å². The van der Waals surface area contributed by atoms with E-state index in [4.69, 9.17) is 0 Å². The first-order valence-corrected chi connectivity index (χ1v) is 9.51. The van der Waals surface area contributed by atoms with Gasteiger partial charge in [0.1, 0.15) is 0 Å². The summed E-state index contributed by atoms with van der Waals surface area (Å²) in [4.78, 5) is 37.7. The third-order valence-corrected chi connectivity index (χ3v) is 4.85. The Hall–Kier alpha value is -3.15. The minimum Gasteiger partial charge on any atom is -0.349 e. The van der Waals surface area contributed by atoms with Gasteiger partial charge in [0, 0.05) is 37.3 Å². The molecule has 28 heavy (non-hydrogen) atoms. The maximum Gasteiger partial charge on any atom is 0.251 e. The van der Waals surface area contributed by atoms with Crippen LogP contribution in [0.1, 0.15) is 35.7 Å². The van der Waals surface area contributed by atoms with Crippen molar-refractivity contribution in [1.29, 1.82) is 0 Å². The summed E-state index contributed by atoms with van der Waals surface area (Å²) in [5.41, 5.74) is 2.29. The summed E-state index contributed by atoms with van der Waals surface area (Å²) in [5, 5.41) is 5.77. The molecule has 0 unspecified atom stereocenters. The maximum atomic E-state index is 12.5. The summed E-state index contributed by atoms with van der Waals surface area (Å²) in [6, 6.07) is 16.6. The van der Waals surface area contributed by atoms with Crippen molar-refractivity contribution in [2.24, 2.45) is 0 Å². The van der Waals surface area contributed by atoms with Crippen LogP contribution in [0.2, 0.25) is 0 Å². The van der Waals surface area contributed by atoms with Crippen molar-refractivity contribution in [3.05, 3.63) is 65.7 Å². The number of piperidine rings is 1. The first kappa shape index (κ1) is 19.6. The van der Waals surface area contributed by atoms with E-state index in [1.54, 1.807) is 24.3 Å². The van der Waals surface area contributed by atoms with Gasteiger partial charge in [0.2, 0.25) is 11.8 Å². The van der Waals surface area contributed by atoms with Crippen LogP contribution < -0.4 is 10.6 Å². The van der Waals surface area contributed by atoms with Crippen molar-refractivity contribution in [3.63, 3.8) is 0 Å². The molecule has 0 radical (unpaired) electrons. The number of nitrogens with zero attached hydrogens (tertiary/aromatic N) is 1. The van der Waals surface area contributed by atoms with E-state index >= 15 is 0 Å². The number of nitrogens with one attached hydrogen (secondary N) is 2. The topological polar surface area (TPSA) is 78.5 Å². The highest BCUT2D eigenvalue weighted by Crippen LogP contribution is 2.15. The van der Waals surface area contributed by atoms with Crippen LogP contribution in [-0.4, -0.2) is 41.8 Å². The van der Waals surface area contributed by atoms with Gasteiger partial charge in [-0.2, -0.15) is 0 Å². The van der Waals surface area contributed by atoms with Crippen LogP contribution in [-0.2, 0) is 16.0 Å². The molecular weight excluding hydrogens is 354 g/mol. The Balaban J connectivity index is 1.46. The van der Waals surface area contributed by atoms with Crippen LogP contribution in [0.4, 0.5) is 5.69 Å². The second kappa shape index (κ2) is 9.17. The molecule has 6 nitrogen and oxygen atoms in total. The lowest BCUT2D eigenvalue weighted by Gasteiger charge is -2.32. The van der Waals surface area contributed by atoms with E-state index in [2.05, 4.69) is 10.6 Å². The molecule has 0 aromatic heterocycles. The standard InChI is InChI=1S/C22H25N3O3/c1-16(26)23-19-9-7-17(8-10-19)15-21(27)25-13-11-20(12-14-25)24-22(28)18-5-3-2-4-6-18/h2-10,20H,11-15H2,1H3,(H,23,26)(H,24,28). The molecule has 1 aliphatic heterocycles. The van der Waals surface area contributed by atoms with Crippen LogP contribution in [0.3, 0.4) is 0 Å². The summed E-state index contributed by atoms with van der Waals surface area (Å²) >= 11 is 0. The fraction of sp³-hybridized carbons (Fsp3) is 0.318. The Labute approximate surface area is 164 Å². The van der Waals surface area contributed by atoms with Crippen LogP contribution >= 0.6 is 0 Å². The van der Waals surface area contributed by atoms with Crippen molar-refractivity contribution in [2.45, 2.75) is 32.2 Å². The fourth-order valence-electron chi connectivity index (χ4n) is 3.33. The molecule has 0 saturated carbocycles. The third kappa shape index (κ3) is 5.42. The van der Waals surface area contributed by atoms with Gasteiger partial charge in [0.15, 0.2) is 0 Å². The van der Waals surface area contributed by atoms with Gasteiger partial charge in [0.25, 0.3) is 5.91 Å². The Morgan fingerprint density at radius 3 is 2.21 bits per heavy atom. The third-order valence-electron chi connectivity index (χ3n) is 4.85. The summed E-state index contributed by atoms with van der Waals surface area (Å²) in [5.74, 6) is -0.101. The molecule has 2 aromatic rings. The molecular formula is C22H25N3O3. The number of hydrogen-bond acceptors (Lipinski definition) is 3. The van der Waals surface area contributed by atoms with Gasteiger partial charge in [0.05, 0.1) is 6.42 Å². The van der Waals surface area contributed by atoms with Gasteiger partial charge in [-0.15, -0.1) is 0 Å². The molecule has 146 valence electrons. The number of carbonyl (C=O) groups is 3. The highest BCUT2D eigenvalue weighted by atomic mass is 16.2. The molecule has 0 bridgehead atoms. The van der Waals surface area contributed by atoms with Crippen LogP contribution in [0, 0.1) is 0 Å². The minimum atomic E-state index is -0.119. The molecule has 1 saturated heterocycles. The Morgan fingerprint density at radius 2 is 1.61 bits per heavy atom. The monoisotopic (exact) mass is 379 g/mol. The quantitative estimate of drug-likeness (QED) is 0.838. The van der Waals surface area contributed by atoms with Crippen LogP contribution in [0.25, 0.3) is 0 Å². The van der Waals surface area contributed by atoms with Gasteiger partial charge >= 0.3 is 0 Å². The highest BCUT2D eigenvalue weighted by Gasteiger charge is 2.24. The van der Waals surface area contributed by atoms with Crippen molar-refractivity contribution in [2.75, 3.05) is 18.4 Å². The molecule has 2 N–H and O–H groups in total. The smallest absolute Gasteiger partial charge is 0.251 e. The Kier molecular flexibility index (Phi) is 6.42. The number of likely N-dealkylation sites (tertiary alicyclic amines) is 1. The molecule has 0 aliphatic carbocycles. The minimum absolute atomic E-state index is 0.0652. The zero-order valence-electron chi connectivity index (χ0n) is 16.0. The molecule has 3 amide bonds. The zero-order chi connectivity index (χ0) is 19.9. The van der Waals surface area contributed by atoms with E-state index < -0.39 is 0 Å². The van der Waals surface area contributed by atoms with Crippen molar-refractivity contribution >= 4 is 23.4 Å². The number of carbonyl (C=O) groups excluding carboxylic acids is 3. The second-order valence-corrected chi connectivity index (χ2v) is 7.05. The lowest BCUT2D eigenvalue weighted by molar-refractivity contribution is -0.131. The highest BCUT2D eigenvalue weighted by molar-refractivity contribution is 5.94. The van der Waals surface area contributed by atoms with Crippen LogP contribution in [0.5, 0.6) is 0 Å². The fourth-order valence-corrected chi connectivity index (χ4v) is 3.33. The average molecular weight is 379 g/mol. The van der Waals surface area contributed by atoms with Gasteiger partial charge in [-0.3, -0.25) is 14.4 Å². The normalized spacial score (nSPS) is 14.4. The summed E-state index contributed by atoms with van der Waals surface area (Å²) in [6.07, 6.45) is 1.85. The van der Waals surface area contributed by atoms with E-state index in [-0.39, 0.29) is 23.8 Å². The molecule has 6 heteroatoms. The predicted octanol–water partition coefficient (Wildman–Crippen LogP) is 2.61. The second-order valence-electron chi connectivity index (χ2n) is 7.05. The predicted molar refractivity (Wildman–Crippen MR) is 108 cm³/mol. The van der Waals surface area contributed by atoms with Gasteiger partial charge < -0.3 is 15.5 Å². The van der Waals surface area contributed by atoms with Crippen molar-refractivity contribution in [3.8, 4) is 0 Å². The molecule has 0 spiro atoms. The van der Waals surface area contributed by atoms with Crippen molar-refractivity contribution < 1.29 is 14.4 Å². The number of anilines is 1. The van der Waals surface area contributed by atoms with Gasteiger partial charge in [-0.25, -0.2) is 0 Å². The number of benzene rings is 2. The zero-order valence-corrected chi connectivity index (χ0v) is 16.0. The average Bonchev–Trinajstić information content (AvgIpc) is 2.70. The van der Waals surface area contributed by atoms with Gasteiger partial charge in [-0.1, -0.05) is 30.3 Å². The molecule has 2 aromatic carbocycles. The summed E-state index contributed by atoms with van der Waals surface area (Å²) in [7, 11) is 0. The van der Waals surface area contributed by atoms with E-state index in [0.717, 1.165) is 24.1 Å². The Morgan fingerprint density at radius 1 is 0.964 bits per heavy atom.